The Hall–Kier alpha value is -2.62. The van der Waals surface area contributed by atoms with Gasteiger partial charge in [-0.15, -0.1) is 0 Å². The minimum Gasteiger partial charge on any atom is -0.355 e. The molecule has 1 N–H and O–H groups in total. The standard InChI is InChI=1S/C23H30N2O2/c1-5-21(23(27)24-6-2)25(16-20-14-10-8-12-18(20)4)22(26)15-19-13-9-7-11-17(19)3/h7-14,21H,5-6,15-16H2,1-4H3,(H,24,27). The third-order valence-electron chi connectivity index (χ3n) is 4.94. The minimum atomic E-state index is -0.471. The molecule has 2 aromatic carbocycles. The number of aryl methyl sites for hydroxylation is 2. The number of rotatable bonds is 8. The predicted molar refractivity (Wildman–Crippen MR) is 109 cm³/mol. The Morgan fingerprint density at radius 2 is 1.48 bits per heavy atom. The molecule has 0 aliphatic heterocycles. The van der Waals surface area contributed by atoms with Crippen molar-refractivity contribution in [1.82, 2.24) is 10.2 Å². The molecule has 0 fully saturated rings. The maximum Gasteiger partial charge on any atom is 0.242 e. The van der Waals surface area contributed by atoms with E-state index < -0.39 is 6.04 Å². The topological polar surface area (TPSA) is 49.4 Å². The average Bonchev–Trinajstić information content (AvgIpc) is 2.65. The van der Waals surface area contributed by atoms with Crippen LogP contribution in [0, 0.1) is 13.8 Å². The molecule has 0 spiro atoms. The lowest BCUT2D eigenvalue weighted by Gasteiger charge is -2.31. The highest BCUT2D eigenvalue weighted by atomic mass is 16.2. The first-order valence-electron chi connectivity index (χ1n) is 9.64. The third-order valence-corrected chi connectivity index (χ3v) is 4.94. The molecule has 1 unspecified atom stereocenters. The van der Waals surface area contributed by atoms with Crippen molar-refractivity contribution < 1.29 is 9.59 Å². The van der Waals surface area contributed by atoms with E-state index in [2.05, 4.69) is 5.32 Å². The molecule has 1 atom stereocenters. The van der Waals surface area contributed by atoms with Crippen LogP contribution in [-0.4, -0.2) is 29.3 Å². The summed E-state index contributed by atoms with van der Waals surface area (Å²) in [5, 5.41) is 2.87. The summed E-state index contributed by atoms with van der Waals surface area (Å²) in [4.78, 5) is 27.6. The number of amides is 2. The Balaban J connectivity index is 2.32. The summed E-state index contributed by atoms with van der Waals surface area (Å²) in [6, 6.07) is 15.4. The first-order valence-corrected chi connectivity index (χ1v) is 9.64. The van der Waals surface area contributed by atoms with Crippen LogP contribution in [0.4, 0.5) is 0 Å². The molecule has 0 aliphatic carbocycles. The van der Waals surface area contributed by atoms with Crippen LogP contribution in [0.1, 0.15) is 42.5 Å². The largest absolute Gasteiger partial charge is 0.355 e. The van der Waals surface area contributed by atoms with E-state index in [1.54, 1.807) is 4.90 Å². The van der Waals surface area contributed by atoms with E-state index in [1.165, 1.54) is 0 Å². The zero-order valence-corrected chi connectivity index (χ0v) is 16.8. The van der Waals surface area contributed by atoms with Crippen LogP contribution in [0.2, 0.25) is 0 Å². The third kappa shape index (κ3) is 5.43. The monoisotopic (exact) mass is 366 g/mol. The smallest absolute Gasteiger partial charge is 0.242 e. The molecule has 0 heterocycles. The zero-order chi connectivity index (χ0) is 19.8. The summed E-state index contributed by atoms with van der Waals surface area (Å²) in [7, 11) is 0. The van der Waals surface area contributed by atoms with E-state index in [0.29, 0.717) is 25.9 Å². The van der Waals surface area contributed by atoms with Crippen LogP contribution in [0.25, 0.3) is 0 Å². The predicted octanol–water partition coefficient (Wildman–Crippen LogP) is 3.79. The second-order valence-corrected chi connectivity index (χ2v) is 6.87. The second kappa shape index (κ2) is 9.91. The van der Waals surface area contributed by atoms with Gasteiger partial charge in [-0.3, -0.25) is 9.59 Å². The van der Waals surface area contributed by atoms with Crippen LogP contribution >= 0.6 is 0 Å². The lowest BCUT2D eigenvalue weighted by molar-refractivity contribution is -0.140. The number of carbonyl (C=O) groups is 2. The van der Waals surface area contributed by atoms with Gasteiger partial charge in [0, 0.05) is 13.1 Å². The first-order chi connectivity index (χ1) is 13.0. The summed E-state index contributed by atoms with van der Waals surface area (Å²) in [5.74, 6) is -0.114. The van der Waals surface area contributed by atoms with Crippen LogP contribution < -0.4 is 5.32 Å². The van der Waals surface area contributed by atoms with E-state index in [0.717, 1.165) is 22.3 Å². The molecule has 0 aromatic heterocycles. The molecular formula is C23H30N2O2. The van der Waals surface area contributed by atoms with E-state index in [1.807, 2.05) is 76.2 Å². The molecule has 0 radical (unpaired) electrons. The van der Waals surface area contributed by atoms with Gasteiger partial charge in [0.1, 0.15) is 6.04 Å². The molecule has 2 amide bonds. The van der Waals surface area contributed by atoms with Crippen LogP contribution in [0.5, 0.6) is 0 Å². The molecule has 4 nitrogen and oxygen atoms in total. The fraction of sp³-hybridized carbons (Fsp3) is 0.391. The fourth-order valence-corrected chi connectivity index (χ4v) is 3.26. The first kappa shape index (κ1) is 20.7. The SMILES string of the molecule is CCNC(=O)C(CC)N(Cc1ccccc1C)C(=O)Cc1ccccc1C. The van der Waals surface area contributed by atoms with Gasteiger partial charge in [-0.05, 0) is 49.4 Å². The number of nitrogens with zero attached hydrogens (tertiary/aromatic N) is 1. The van der Waals surface area contributed by atoms with Crippen molar-refractivity contribution in [2.75, 3.05) is 6.54 Å². The number of carbonyl (C=O) groups excluding carboxylic acids is 2. The van der Waals surface area contributed by atoms with Crippen LogP contribution in [0.3, 0.4) is 0 Å². The van der Waals surface area contributed by atoms with Crippen molar-refractivity contribution in [1.29, 1.82) is 0 Å². The summed E-state index contributed by atoms with van der Waals surface area (Å²) in [6.07, 6.45) is 0.881. The van der Waals surface area contributed by atoms with Crippen molar-refractivity contribution in [3.8, 4) is 0 Å². The molecule has 27 heavy (non-hydrogen) atoms. The molecule has 4 heteroatoms. The Bertz CT molecular complexity index is 785. The van der Waals surface area contributed by atoms with Gasteiger partial charge in [-0.2, -0.15) is 0 Å². The number of likely N-dealkylation sites (N-methyl/N-ethyl adjacent to an activating group) is 1. The molecular weight excluding hydrogens is 336 g/mol. The zero-order valence-electron chi connectivity index (χ0n) is 16.8. The number of hydrogen-bond donors (Lipinski definition) is 1. The average molecular weight is 367 g/mol. The van der Waals surface area contributed by atoms with Crippen molar-refractivity contribution in [3.05, 3.63) is 70.8 Å². The van der Waals surface area contributed by atoms with E-state index in [4.69, 9.17) is 0 Å². The Kier molecular flexibility index (Phi) is 7.59. The highest BCUT2D eigenvalue weighted by Crippen LogP contribution is 2.18. The fourth-order valence-electron chi connectivity index (χ4n) is 3.26. The van der Waals surface area contributed by atoms with Crippen LogP contribution in [0.15, 0.2) is 48.5 Å². The van der Waals surface area contributed by atoms with Gasteiger partial charge in [0.25, 0.3) is 0 Å². The summed E-state index contributed by atoms with van der Waals surface area (Å²) in [6.45, 7) is 8.88. The number of hydrogen-bond acceptors (Lipinski definition) is 2. The van der Waals surface area contributed by atoms with Gasteiger partial charge in [0.05, 0.1) is 6.42 Å². The summed E-state index contributed by atoms with van der Waals surface area (Å²) < 4.78 is 0. The number of nitrogens with one attached hydrogen (secondary N) is 1. The van der Waals surface area contributed by atoms with E-state index in [-0.39, 0.29) is 11.8 Å². The quantitative estimate of drug-likeness (QED) is 0.773. The van der Waals surface area contributed by atoms with Gasteiger partial charge >= 0.3 is 0 Å². The molecule has 2 rings (SSSR count). The highest BCUT2D eigenvalue weighted by Gasteiger charge is 2.28. The van der Waals surface area contributed by atoms with Crippen molar-refractivity contribution in [2.45, 2.75) is 53.1 Å². The Morgan fingerprint density at radius 3 is 2.00 bits per heavy atom. The van der Waals surface area contributed by atoms with Crippen molar-refractivity contribution >= 4 is 11.8 Å². The van der Waals surface area contributed by atoms with Gasteiger partial charge < -0.3 is 10.2 Å². The van der Waals surface area contributed by atoms with Gasteiger partial charge in [0.2, 0.25) is 11.8 Å². The lowest BCUT2D eigenvalue weighted by atomic mass is 10.0. The maximum absolute atomic E-state index is 13.2. The van der Waals surface area contributed by atoms with E-state index >= 15 is 0 Å². The molecule has 0 aliphatic rings. The summed E-state index contributed by atoms with van der Waals surface area (Å²) >= 11 is 0. The van der Waals surface area contributed by atoms with Gasteiger partial charge in [-0.1, -0.05) is 55.5 Å². The molecule has 144 valence electrons. The summed E-state index contributed by atoms with van der Waals surface area (Å²) in [5.41, 5.74) is 4.28. The molecule has 0 saturated heterocycles. The highest BCUT2D eigenvalue weighted by molar-refractivity contribution is 5.88. The molecule has 0 bridgehead atoms. The Morgan fingerprint density at radius 1 is 0.926 bits per heavy atom. The normalized spacial score (nSPS) is 11.7. The second-order valence-electron chi connectivity index (χ2n) is 6.87. The lowest BCUT2D eigenvalue weighted by Crippen LogP contribution is -2.49. The van der Waals surface area contributed by atoms with Gasteiger partial charge in [-0.25, -0.2) is 0 Å². The molecule has 2 aromatic rings. The van der Waals surface area contributed by atoms with Crippen LogP contribution in [-0.2, 0) is 22.6 Å². The van der Waals surface area contributed by atoms with Gasteiger partial charge in [0.15, 0.2) is 0 Å². The minimum absolute atomic E-state index is 0.0225. The van der Waals surface area contributed by atoms with Crippen molar-refractivity contribution in [2.24, 2.45) is 0 Å². The Labute approximate surface area is 162 Å². The maximum atomic E-state index is 13.2. The molecule has 0 saturated carbocycles. The number of benzene rings is 2. The van der Waals surface area contributed by atoms with E-state index in [9.17, 15) is 9.59 Å². The van der Waals surface area contributed by atoms with Crippen molar-refractivity contribution in [3.63, 3.8) is 0 Å².